The molecule has 0 amide bonds. The average molecular weight is 394 g/mol. The lowest BCUT2D eigenvalue weighted by Crippen LogP contribution is -2.28. The summed E-state index contributed by atoms with van der Waals surface area (Å²) >= 11 is 0. The molecule has 0 aromatic carbocycles. The minimum absolute atomic E-state index is 0.344. The maximum Gasteiger partial charge on any atom is 0.534 e. The second kappa shape index (κ2) is 5.91. The molecule has 7 nitrogen and oxygen atoms in total. The fourth-order valence-electron chi connectivity index (χ4n) is 2.55. The second-order valence-electron chi connectivity index (χ2n) is 5.50. The molecule has 0 saturated heterocycles. The Kier molecular flexibility index (Phi) is 3.77. The summed E-state index contributed by atoms with van der Waals surface area (Å²) in [6.07, 6.45) is 4.46. The summed E-state index contributed by atoms with van der Waals surface area (Å²) in [5, 5.41) is 1.70. The molecule has 138 valence electrons. The first-order valence-corrected chi connectivity index (χ1v) is 8.85. The van der Waals surface area contributed by atoms with Gasteiger partial charge < -0.3 is 9.17 Å². The van der Waals surface area contributed by atoms with Crippen molar-refractivity contribution >= 4 is 32.1 Å². The van der Waals surface area contributed by atoms with Crippen LogP contribution < -0.4 is 4.18 Å². The normalized spacial score (nSPS) is 12.6. The number of rotatable bonds is 3. The Morgan fingerprint density at radius 1 is 1.04 bits per heavy atom. The third kappa shape index (κ3) is 3.05. The van der Waals surface area contributed by atoms with Gasteiger partial charge in [0.15, 0.2) is 0 Å². The van der Waals surface area contributed by atoms with E-state index in [1.54, 1.807) is 30.6 Å². The molecule has 0 aliphatic rings. The van der Waals surface area contributed by atoms with Crippen molar-refractivity contribution in [2.45, 2.75) is 5.51 Å². The number of pyridine rings is 3. The van der Waals surface area contributed by atoms with Crippen molar-refractivity contribution in [3.63, 3.8) is 0 Å². The van der Waals surface area contributed by atoms with Crippen LogP contribution in [0.3, 0.4) is 0 Å². The molecule has 0 spiro atoms. The number of halogens is 3. The first-order chi connectivity index (χ1) is 12.7. The number of nitrogens with one attached hydrogen (secondary N) is 1. The van der Waals surface area contributed by atoms with E-state index >= 15 is 0 Å². The van der Waals surface area contributed by atoms with Crippen molar-refractivity contribution in [2.75, 3.05) is 0 Å². The highest BCUT2D eigenvalue weighted by molar-refractivity contribution is 7.87. The molecule has 4 heterocycles. The number of alkyl halides is 3. The molecule has 0 bridgehead atoms. The van der Waals surface area contributed by atoms with Gasteiger partial charge in [-0.1, -0.05) is 0 Å². The van der Waals surface area contributed by atoms with E-state index in [1.165, 1.54) is 6.07 Å². The zero-order chi connectivity index (χ0) is 19.2. The zero-order valence-electron chi connectivity index (χ0n) is 13.2. The average Bonchev–Trinajstić information content (AvgIpc) is 2.98. The molecule has 0 unspecified atom stereocenters. The number of H-pyrrole nitrogens is 1. The molecule has 27 heavy (non-hydrogen) atoms. The first kappa shape index (κ1) is 17.2. The van der Waals surface area contributed by atoms with E-state index in [-0.39, 0.29) is 0 Å². The Balaban J connectivity index is 1.74. The highest BCUT2D eigenvalue weighted by Gasteiger charge is 2.48. The highest BCUT2D eigenvalue weighted by atomic mass is 32.2. The third-order valence-electron chi connectivity index (χ3n) is 3.77. The van der Waals surface area contributed by atoms with Crippen LogP contribution in [-0.2, 0) is 10.1 Å². The molecule has 0 aliphatic carbocycles. The van der Waals surface area contributed by atoms with Crippen LogP contribution in [0.2, 0.25) is 0 Å². The predicted molar refractivity (Wildman–Crippen MR) is 90.2 cm³/mol. The zero-order valence-corrected chi connectivity index (χ0v) is 14.0. The molecular weight excluding hydrogens is 385 g/mol. The summed E-state index contributed by atoms with van der Waals surface area (Å²) in [5.74, 6) is -0.701. The summed E-state index contributed by atoms with van der Waals surface area (Å²) in [7, 11) is -5.80. The molecule has 0 fully saturated rings. The van der Waals surface area contributed by atoms with Crippen molar-refractivity contribution in [3.8, 4) is 17.1 Å². The number of nitrogens with zero attached hydrogens (tertiary/aromatic N) is 3. The van der Waals surface area contributed by atoms with Gasteiger partial charge in [-0.2, -0.15) is 21.6 Å². The molecule has 0 saturated carbocycles. The monoisotopic (exact) mass is 394 g/mol. The topological polar surface area (TPSA) is 97.8 Å². The lowest BCUT2D eigenvalue weighted by molar-refractivity contribution is -0.0501. The minimum Gasteiger partial charge on any atom is -0.355 e. The standard InChI is InChI=1S/C16H9F3N4O3S/c17-16(18,19)27(24,25)26-14-7-9(3-6-21-14)12-2-1-10-11-8-20-5-4-13(11)23-15(10)22-12/h1-8H,(H,22,23). The third-order valence-corrected chi connectivity index (χ3v) is 4.73. The maximum atomic E-state index is 12.5. The van der Waals surface area contributed by atoms with E-state index < -0.39 is 21.5 Å². The summed E-state index contributed by atoms with van der Waals surface area (Å²) in [4.78, 5) is 15.1. The Morgan fingerprint density at radius 2 is 1.85 bits per heavy atom. The largest absolute Gasteiger partial charge is 0.534 e. The Morgan fingerprint density at radius 3 is 2.63 bits per heavy atom. The Labute approximate surface area is 150 Å². The van der Waals surface area contributed by atoms with Crippen molar-refractivity contribution in [1.29, 1.82) is 0 Å². The van der Waals surface area contributed by atoms with E-state index in [4.69, 9.17) is 0 Å². The van der Waals surface area contributed by atoms with Gasteiger partial charge >= 0.3 is 15.6 Å². The lowest BCUT2D eigenvalue weighted by Gasteiger charge is -2.09. The molecule has 4 rings (SSSR count). The van der Waals surface area contributed by atoms with Crippen LogP contribution >= 0.6 is 0 Å². The molecule has 11 heteroatoms. The fraction of sp³-hybridized carbons (Fsp3) is 0.0625. The van der Waals surface area contributed by atoms with Crippen molar-refractivity contribution < 1.29 is 25.8 Å². The smallest absolute Gasteiger partial charge is 0.355 e. The fourth-order valence-corrected chi connectivity index (χ4v) is 2.96. The molecule has 0 atom stereocenters. The second-order valence-corrected chi connectivity index (χ2v) is 7.04. The molecule has 1 N–H and O–H groups in total. The van der Waals surface area contributed by atoms with Crippen LogP contribution in [0, 0.1) is 0 Å². The van der Waals surface area contributed by atoms with E-state index in [2.05, 4.69) is 24.1 Å². The summed E-state index contributed by atoms with van der Waals surface area (Å²) < 4.78 is 63.7. The number of aromatic nitrogens is 4. The quantitative estimate of drug-likeness (QED) is 0.422. The lowest BCUT2D eigenvalue weighted by atomic mass is 10.1. The van der Waals surface area contributed by atoms with Crippen LogP contribution in [0.15, 0.2) is 48.9 Å². The van der Waals surface area contributed by atoms with E-state index in [1.807, 2.05) is 0 Å². The molecule has 0 radical (unpaired) electrons. The SMILES string of the molecule is O=S(=O)(Oc1cc(-c2ccc3c(n2)[nH]c2ccncc23)ccn1)C(F)(F)F. The molecule has 0 aliphatic heterocycles. The van der Waals surface area contributed by atoms with Gasteiger partial charge in [-0.25, -0.2) is 9.97 Å². The Bertz CT molecular complexity index is 1270. The van der Waals surface area contributed by atoms with E-state index in [0.717, 1.165) is 28.6 Å². The van der Waals surface area contributed by atoms with Gasteiger partial charge in [-0.3, -0.25) is 4.98 Å². The van der Waals surface area contributed by atoms with Crippen LogP contribution in [0.5, 0.6) is 5.88 Å². The summed E-state index contributed by atoms with van der Waals surface area (Å²) in [6.45, 7) is 0. The molecular formula is C16H9F3N4O3S. The van der Waals surface area contributed by atoms with E-state index in [9.17, 15) is 21.6 Å². The summed E-state index contributed by atoms with van der Waals surface area (Å²) in [5.41, 5.74) is -3.41. The summed E-state index contributed by atoms with van der Waals surface area (Å²) in [6, 6.07) is 7.77. The van der Waals surface area contributed by atoms with Crippen LogP contribution in [0.25, 0.3) is 33.2 Å². The molecule has 4 aromatic rings. The van der Waals surface area contributed by atoms with Crippen LogP contribution in [0.1, 0.15) is 0 Å². The van der Waals surface area contributed by atoms with Crippen molar-refractivity contribution in [1.82, 2.24) is 19.9 Å². The number of aromatic amines is 1. The van der Waals surface area contributed by atoms with Gasteiger partial charge in [-0.15, -0.1) is 0 Å². The number of hydrogen-bond donors (Lipinski definition) is 1. The number of hydrogen-bond acceptors (Lipinski definition) is 6. The van der Waals surface area contributed by atoms with Gasteiger partial charge in [0.2, 0.25) is 5.88 Å². The highest BCUT2D eigenvalue weighted by Crippen LogP contribution is 2.29. The first-order valence-electron chi connectivity index (χ1n) is 7.44. The minimum atomic E-state index is -5.80. The molecule has 4 aromatic heterocycles. The number of fused-ring (bicyclic) bond motifs is 3. The van der Waals surface area contributed by atoms with Crippen LogP contribution in [-0.4, -0.2) is 33.9 Å². The van der Waals surface area contributed by atoms with Crippen LogP contribution in [0.4, 0.5) is 13.2 Å². The van der Waals surface area contributed by atoms with Crippen molar-refractivity contribution in [2.24, 2.45) is 0 Å². The van der Waals surface area contributed by atoms with Crippen molar-refractivity contribution in [3.05, 3.63) is 48.9 Å². The van der Waals surface area contributed by atoms with Gasteiger partial charge in [0.25, 0.3) is 0 Å². The van der Waals surface area contributed by atoms with Gasteiger partial charge in [0, 0.05) is 41.0 Å². The Hall–Kier alpha value is -3.21. The van der Waals surface area contributed by atoms with Gasteiger partial charge in [0.05, 0.1) is 11.2 Å². The van der Waals surface area contributed by atoms with Gasteiger partial charge in [-0.05, 0) is 24.3 Å². The van der Waals surface area contributed by atoms with E-state index in [0.29, 0.717) is 16.9 Å². The maximum absolute atomic E-state index is 12.5. The van der Waals surface area contributed by atoms with Gasteiger partial charge in [0.1, 0.15) is 5.65 Å². The predicted octanol–water partition coefficient (Wildman–Crippen LogP) is 3.40.